The number of carbonyl (C=O) groups is 2. The van der Waals surface area contributed by atoms with Gasteiger partial charge in [0.1, 0.15) is 0 Å². The molecule has 4 heteroatoms. The molecule has 0 spiro atoms. The van der Waals surface area contributed by atoms with Gasteiger partial charge in [0.25, 0.3) is 0 Å². The van der Waals surface area contributed by atoms with Crippen LogP contribution in [0, 0.1) is 11.8 Å². The minimum absolute atomic E-state index is 0.117. The highest BCUT2D eigenvalue weighted by Gasteiger charge is 2.32. The first-order valence-corrected chi connectivity index (χ1v) is 4.68. The molecule has 4 nitrogen and oxygen atoms in total. The van der Waals surface area contributed by atoms with Gasteiger partial charge < -0.3 is 9.47 Å². The van der Waals surface area contributed by atoms with Crippen molar-refractivity contribution in [2.45, 2.75) is 33.8 Å². The van der Waals surface area contributed by atoms with E-state index >= 15 is 0 Å². The van der Waals surface area contributed by atoms with Crippen molar-refractivity contribution in [1.82, 2.24) is 0 Å². The summed E-state index contributed by atoms with van der Waals surface area (Å²) < 4.78 is 9.49. The van der Waals surface area contributed by atoms with E-state index < -0.39 is 17.9 Å². The van der Waals surface area contributed by atoms with Crippen molar-refractivity contribution in [3.05, 3.63) is 0 Å². The Kier molecular flexibility index (Phi) is 5.20. The van der Waals surface area contributed by atoms with E-state index in [4.69, 9.17) is 4.74 Å². The highest BCUT2D eigenvalue weighted by molar-refractivity contribution is 5.95. The van der Waals surface area contributed by atoms with Crippen LogP contribution in [-0.2, 0) is 19.1 Å². The zero-order valence-electron chi connectivity index (χ0n) is 9.37. The third-order valence-corrected chi connectivity index (χ3v) is 1.73. The molecule has 0 aromatic rings. The normalized spacial score (nSPS) is 12.8. The van der Waals surface area contributed by atoms with Gasteiger partial charge in [0.2, 0.25) is 0 Å². The lowest BCUT2D eigenvalue weighted by molar-refractivity contribution is -0.165. The van der Waals surface area contributed by atoms with Gasteiger partial charge in [0, 0.05) is 0 Å². The Morgan fingerprint density at radius 3 is 1.79 bits per heavy atom. The van der Waals surface area contributed by atoms with Gasteiger partial charge in [0.05, 0.1) is 13.2 Å². The van der Waals surface area contributed by atoms with E-state index in [1.54, 1.807) is 27.7 Å². The van der Waals surface area contributed by atoms with Crippen molar-refractivity contribution in [3.8, 4) is 0 Å². The molecule has 0 aromatic carbocycles. The Bertz CT molecular complexity index is 208. The molecule has 14 heavy (non-hydrogen) atoms. The first kappa shape index (κ1) is 12.9. The first-order chi connectivity index (χ1) is 6.40. The topological polar surface area (TPSA) is 52.6 Å². The predicted molar refractivity (Wildman–Crippen MR) is 51.6 cm³/mol. The third kappa shape index (κ3) is 3.77. The Balaban J connectivity index is 4.50. The quantitative estimate of drug-likeness (QED) is 0.510. The maximum Gasteiger partial charge on any atom is 0.320 e. The lowest BCUT2D eigenvalue weighted by Crippen LogP contribution is -2.32. The zero-order valence-corrected chi connectivity index (χ0v) is 9.37. The molecule has 0 rings (SSSR count). The van der Waals surface area contributed by atoms with Crippen LogP contribution in [0.4, 0.5) is 0 Å². The summed E-state index contributed by atoms with van der Waals surface area (Å²) in [6, 6.07) is 0. The molecule has 0 radical (unpaired) electrons. The number of rotatable bonds is 4. The van der Waals surface area contributed by atoms with E-state index in [0.717, 1.165) is 0 Å². The summed E-state index contributed by atoms with van der Waals surface area (Å²) in [7, 11) is 1.26. The molecule has 0 amide bonds. The molecule has 1 atom stereocenters. The van der Waals surface area contributed by atoms with Crippen molar-refractivity contribution >= 4 is 11.9 Å². The molecular formula is C10H18O4. The van der Waals surface area contributed by atoms with Crippen LogP contribution in [0.25, 0.3) is 0 Å². The molecule has 1 unspecified atom stereocenters. The molecule has 0 fully saturated rings. The maximum atomic E-state index is 11.5. The monoisotopic (exact) mass is 202 g/mol. The fraction of sp³-hybridized carbons (Fsp3) is 0.800. The number of carbonyl (C=O) groups excluding carboxylic acids is 2. The summed E-state index contributed by atoms with van der Waals surface area (Å²) >= 11 is 0. The number of hydrogen-bond donors (Lipinski definition) is 0. The van der Waals surface area contributed by atoms with Crippen molar-refractivity contribution in [2.24, 2.45) is 11.8 Å². The van der Waals surface area contributed by atoms with Gasteiger partial charge >= 0.3 is 11.9 Å². The summed E-state index contributed by atoms with van der Waals surface area (Å²) in [4.78, 5) is 22.7. The summed E-state index contributed by atoms with van der Waals surface area (Å²) in [5, 5.41) is 0. The van der Waals surface area contributed by atoms with Crippen LogP contribution in [0.2, 0.25) is 0 Å². The van der Waals surface area contributed by atoms with Gasteiger partial charge in [-0.15, -0.1) is 0 Å². The molecule has 0 heterocycles. The summed E-state index contributed by atoms with van der Waals surface area (Å²) in [6.07, 6.45) is -0.214. The van der Waals surface area contributed by atoms with E-state index in [1.165, 1.54) is 7.11 Å². The molecule has 0 aliphatic rings. The van der Waals surface area contributed by atoms with Crippen LogP contribution in [0.15, 0.2) is 0 Å². The second kappa shape index (κ2) is 5.62. The van der Waals surface area contributed by atoms with E-state index in [0.29, 0.717) is 0 Å². The van der Waals surface area contributed by atoms with E-state index in [9.17, 15) is 9.59 Å². The van der Waals surface area contributed by atoms with Gasteiger partial charge in [0.15, 0.2) is 5.92 Å². The Morgan fingerprint density at radius 1 is 1.00 bits per heavy atom. The fourth-order valence-electron chi connectivity index (χ4n) is 1.07. The van der Waals surface area contributed by atoms with Crippen LogP contribution in [0.1, 0.15) is 27.7 Å². The Morgan fingerprint density at radius 2 is 1.50 bits per heavy atom. The highest BCUT2D eigenvalue weighted by atomic mass is 16.6. The van der Waals surface area contributed by atoms with E-state index in [1.807, 2.05) is 0 Å². The predicted octanol–water partition coefficient (Wildman–Crippen LogP) is 1.38. The van der Waals surface area contributed by atoms with Crippen molar-refractivity contribution in [3.63, 3.8) is 0 Å². The summed E-state index contributed by atoms with van der Waals surface area (Å²) in [5.41, 5.74) is 0. The van der Waals surface area contributed by atoms with Crippen LogP contribution >= 0.6 is 0 Å². The van der Waals surface area contributed by atoms with Crippen LogP contribution in [0.5, 0.6) is 0 Å². The molecular weight excluding hydrogens is 184 g/mol. The molecule has 0 aliphatic heterocycles. The average molecular weight is 202 g/mol. The SMILES string of the molecule is COC(=O)C(C(=O)OC(C)C)C(C)C. The average Bonchev–Trinajstić information content (AvgIpc) is 2.01. The molecule has 0 saturated heterocycles. The molecule has 0 saturated carbocycles. The van der Waals surface area contributed by atoms with Crippen molar-refractivity contribution in [1.29, 1.82) is 0 Å². The molecule has 0 aromatic heterocycles. The Labute approximate surface area is 84.6 Å². The van der Waals surface area contributed by atoms with E-state index in [2.05, 4.69) is 4.74 Å². The van der Waals surface area contributed by atoms with Gasteiger partial charge in [-0.1, -0.05) is 13.8 Å². The molecule has 0 aliphatic carbocycles. The highest BCUT2D eigenvalue weighted by Crippen LogP contribution is 2.15. The maximum absolute atomic E-state index is 11.5. The number of methoxy groups -OCH3 is 1. The van der Waals surface area contributed by atoms with Gasteiger partial charge in [-0.3, -0.25) is 9.59 Å². The summed E-state index contributed by atoms with van der Waals surface area (Å²) in [6.45, 7) is 7.05. The number of hydrogen-bond acceptors (Lipinski definition) is 4. The first-order valence-electron chi connectivity index (χ1n) is 4.68. The molecule has 0 bridgehead atoms. The molecule has 0 N–H and O–H groups in total. The zero-order chi connectivity index (χ0) is 11.3. The second-order valence-electron chi connectivity index (χ2n) is 3.73. The number of esters is 2. The van der Waals surface area contributed by atoms with Gasteiger partial charge in [-0.2, -0.15) is 0 Å². The second-order valence-corrected chi connectivity index (χ2v) is 3.73. The van der Waals surface area contributed by atoms with Gasteiger partial charge in [-0.05, 0) is 19.8 Å². The fourth-order valence-corrected chi connectivity index (χ4v) is 1.07. The van der Waals surface area contributed by atoms with Crippen molar-refractivity contribution < 1.29 is 19.1 Å². The lowest BCUT2D eigenvalue weighted by atomic mass is 9.96. The van der Waals surface area contributed by atoms with E-state index in [-0.39, 0.29) is 12.0 Å². The minimum Gasteiger partial charge on any atom is -0.468 e. The standard InChI is InChI=1S/C10H18O4/c1-6(2)8(9(11)13-5)10(12)14-7(3)4/h6-8H,1-5H3. The smallest absolute Gasteiger partial charge is 0.320 e. The van der Waals surface area contributed by atoms with Crippen LogP contribution in [-0.4, -0.2) is 25.2 Å². The summed E-state index contributed by atoms with van der Waals surface area (Å²) in [5.74, 6) is -1.98. The Hall–Kier alpha value is -1.06. The largest absolute Gasteiger partial charge is 0.468 e. The molecule has 82 valence electrons. The number of ether oxygens (including phenoxy) is 2. The van der Waals surface area contributed by atoms with Crippen molar-refractivity contribution in [2.75, 3.05) is 7.11 Å². The van der Waals surface area contributed by atoms with Crippen LogP contribution in [0.3, 0.4) is 0 Å². The third-order valence-electron chi connectivity index (χ3n) is 1.73. The van der Waals surface area contributed by atoms with Gasteiger partial charge in [-0.25, -0.2) is 0 Å². The van der Waals surface area contributed by atoms with Crippen LogP contribution < -0.4 is 0 Å². The lowest BCUT2D eigenvalue weighted by Gasteiger charge is -2.18. The minimum atomic E-state index is -0.817.